The van der Waals surface area contributed by atoms with Crippen molar-refractivity contribution in [3.63, 3.8) is 0 Å². The molecule has 0 aliphatic rings. The van der Waals surface area contributed by atoms with Crippen molar-refractivity contribution in [1.29, 1.82) is 10.5 Å². The highest BCUT2D eigenvalue weighted by Crippen LogP contribution is 2.41. The number of rotatable bonds is 9. The Labute approximate surface area is 352 Å². The van der Waals surface area contributed by atoms with Gasteiger partial charge in [0.15, 0.2) is 17.5 Å². The zero-order valence-electron chi connectivity index (χ0n) is 33.1. The maximum atomic E-state index is 14.4. The largest absolute Gasteiger partial charge is 0.309 e. The van der Waals surface area contributed by atoms with Crippen LogP contribution in [0.5, 0.6) is 0 Å². The Morgan fingerprint density at radius 3 is 1.79 bits per heavy atom. The van der Waals surface area contributed by atoms with Crippen LogP contribution in [-0.4, -0.2) is 19.5 Å². The van der Waals surface area contributed by atoms with Gasteiger partial charge in [-0.1, -0.05) is 140 Å². The van der Waals surface area contributed by atoms with Crippen molar-refractivity contribution in [2.45, 2.75) is 6.92 Å². The molecule has 0 unspecified atom stereocenters. The fraction of sp³-hybridized carbons (Fsp3) is 0.0185. The maximum absolute atomic E-state index is 14.4. The van der Waals surface area contributed by atoms with Gasteiger partial charge in [0.05, 0.1) is 40.0 Å². The molecule has 0 amide bonds. The van der Waals surface area contributed by atoms with Crippen LogP contribution in [0.2, 0.25) is 0 Å². The minimum absolute atomic E-state index is 0.329. The van der Waals surface area contributed by atoms with Gasteiger partial charge in [-0.3, -0.25) is 0 Å². The first-order valence-electron chi connectivity index (χ1n) is 19.7. The fourth-order valence-electron chi connectivity index (χ4n) is 7.86. The third kappa shape index (κ3) is 7.18. The topological polar surface area (TPSA) is 91.2 Å². The van der Waals surface area contributed by atoms with Gasteiger partial charge in [-0.25, -0.2) is 19.3 Å². The van der Waals surface area contributed by atoms with Crippen molar-refractivity contribution < 1.29 is 4.39 Å². The van der Waals surface area contributed by atoms with Crippen molar-refractivity contribution in [2.75, 3.05) is 0 Å². The normalized spacial score (nSPS) is 11.7. The smallest absolute Gasteiger partial charge is 0.164 e. The zero-order valence-corrected chi connectivity index (χ0v) is 33.1. The van der Waals surface area contributed by atoms with Crippen molar-refractivity contribution in [3.8, 4) is 74.2 Å². The number of halogens is 1. The lowest BCUT2D eigenvalue weighted by atomic mass is 9.95. The van der Waals surface area contributed by atoms with Crippen LogP contribution in [0, 0.1) is 28.5 Å². The zero-order chi connectivity index (χ0) is 41.9. The highest BCUT2D eigenvalue weighted by molar-refractivity contribution is 6.12. The Morgan fingerprint density at radius 2 is 1.16 bits per heavy atom. The summed E-state index contributed by atoms with van der Waals surface area (Å²) in [4.78, 5) is 15.0. The molecule has 0 saturated heterocycles. The molecule has 2 aromatic heterocycles. The van der Waals surface area contributed by atoms with Crippen molar-refractivity contribution in [2.24, 2.45) is 0 Å². The quantitative estimate of drug-likeness (QED) is 0.107. The molecule has 0 N–H and O–H groups in total. The number of fused-ring (bicyclic) bond motifs is 3. The highest BCUT2D eigenvalue weighted by atomic mass is 19.1. The molecular weight excluding hydrogens is 752 g/mol. The molecule has 0 aliphatic carbocycles. The van der Waals surface area contributed by atoms with E-state index in [1.54, 1.807) is 24.3 Å². The average Bonchev–Trinajstić information content (AvgIpc) is 3.65. The molecule has 6 nitrogen and oxygen atoms in total. The van der Waals surface area contributed by atoms with E-state index in [9.17, 15) is 14.9 Å². The van der Waals surface area contributed by atoms with Crippen LogP contribution < -0.4 is 0 Å². The monoisotopic (exact) mass is 786 g/mol. The van der Waals surface area contributed by atoms with Crippen LogP contribution >= 0.6 is 0 Å². The molecule has 7 aromatic carbocycles. The van der Waals surface area contributed by atoms with Crippen LogP contribution in [0.3, 0.4) is 0 Å². The average molecular weight is 787 g/mol. The number of aromatic nitrogens is 4. The summed E-state index contributed by atoms with van der Waals surface area (Å²) in [6.07, 6.45) is 5.34. The van der Waals surface area contributed by atoms with Crippen molar-refractivity contribution in [3.05, 3.63) is 211 Å². The number of hydrogen-bond donors (Lipinski definition) is 0. The van der Waals surface area contributed by atoms with Crippen molar-refractivity contribution in [1.82, 2.24) is 19.5 Å². The molecule has 9 aromatic rings. The standard InChI is InChI=1S/C54H35FN6/c1-3-13-44(35(4-2)33-56)39-23-28-49-47(30-39)48-31-40(45-19-12-11-18-42(45)34-57)24-29-50(48)61(49)51-32-41(22-27-46(51)36-20-25-43(55)26-21-36)54-59-52(37-14-7-5-8-15-37)58-53(60-54)38-16-9-6-10-17-38/h3-32H,1H2,2H3/b35-4-,44-13+. The highest BCUT2D eigenvalue weighted by Gasteiger charge is 2.21. The lowest BCUT2D eigenvalue weighted by Crippen LogP contribution is -2.02. The summed E-state index contributed by atoms with van der Waals surface area (Å²) in [5.74, 6) is 1.26. The van der Waals surface area contributed by atoms with Gasteiger partial charge in [-0.05, 0) is 83.3 Å². The van der Waals surface area contributed by atoms with E-state index in [-0.39, 0.29) is 5.82 Å². The molecule has 0 aliphatic heterocycles. The Morgan fingerprint density at radius 1 is 0.590 bits per heavy atom. The summed E-state index contributed by atoms with van der Waals surface area (Å²) >= 11 is 0. The number of hydrogen-bond acceptors (Lipinski definition) is 5. The van der Waals surface area contributed by atoms with Gasteiger partial charge in [0.1, 0.15) is 5.82 Å². The Kier molecular flexibility index (Phi) is 10.2. The predicted octanol–water partition coefficient (Wildman–Crippen LogP) is 13.4. The second kappa shape index (κ2) is 16.4. The van der Waals surface area contributed by atoms with E-state index >= 15 is 0 Å². The molecule has 288 valence electrons. The molecule has 61 heavy (non-hydrogen) atoms. The Balaban J connectivity index is 1.35. The number of nitrogens with zero attached hydrogens (tertiary/aromatic N) is 6. The third-order valence-corrected chi connectivity index (χ3v) is 10.8. The SMILES string of the molecule is C=C/C=C(\C(C#N)=C/C)c1ccc2c(c1)c1cc(-c3ccccc3C#N)ccc1n2-c1cc(-c2nc(-c3ccccc3)nc(-c3ccccc3)n2)ccc1-c1ccc(F)cc1. The van der Waals surface area contributed by atoms with Crippen LogP contribution in [-0.2, 0) is 0 Å². The van der Waals surface area contributed by atoms with Crippen LogP contribution in [0.4, 0.5) is 4.39 Å². The first-order chi connectivity index (χ1) is 30.0. The summed E-state index contributed by atoms with van der Waals surface area (Å²) in [7, 11) is 0. The summed E-state index contributed by atoms with van der Waals surface area (Å²) < 4.78 is 16.7. The molecule has 9 rings (SSSR count). The first kappa shape index (κ1) is 38.0. The fourth-order valence-corrected chi connectivity index (χ4v) is 7.86. The second-order valence-electron chi connectivity index (χ2n) is 14.4. The first-order valence-corrected chi connectivity index (χ1v) is 19.7. The van der Waals surface area contributed by atoms with Crippen LogP contribution in [0.25, 0.3) is 89.5 Å². The summed E-state index contributed by atoms with van der Waals surface area (Å²) in [5, 5.41) is 22.0. The lowest BCUT2D eigenvalue weighted by molar-refractivity contribution is 0.628. The van der Waals surface area contributed by atoms with Gasteiger partial charge < -0.3 is 4.57 Å². The van der Waals surface area contributed by atoms with E-state index in [0.717, 1.165) is 77.6 Å². The summed E-state index contributed by atoms with van der Waals surface area (Å²) in [5.41, 5.74) is 11.2. The van der Waals surface area contributed by atoms with Gasteiger partial charge in [0.25, 0.3) is 0 Å². The van der Waals surface area contributed by atoms with E-state index in [4.69, 9.17) is 15.0 Å². The molecule has 0 bridgehead atoms. The number of allylic oxidation sites excluding steroid dienone is 5. The molecule has 0 radical (unpaired) electrons. The molecule has 0 atom stereocenters. The summed E-state index contributed by atoms with van der Waals surface area (Å²) in [6, 6.07) is 57.0. The van der Waals surface area contributed by atoms with E-state index in [2.05, 4.69) is 53.6 Å². The number of nitriles is 2. The molecule has 0 saturated carbocycles. The van der Waals surface area contributed by atoms with Crippen LogP contribution in [0.1, 0.15) is 18.1 Å². The van der Waals surface area contributed by atoms with E-state index in [0.29, 0.717) is 28.6 Å². The molecular formula is C54H35FN6. The van der Waals surface area contributed by atoms with E-state index in [1.807, 2.05) is 122 Å². The molecule has 0 fully saturated rings. The van der Waals surface area contributed by atoms with Gasteiger partial charge in [-0.15, -0.1) is 0 Å². The predicted molar refractivity (Wildman–Crippen MR) is 244 cm³/mol. The third-order valence-electron chi connectivity index (χ3n) is 10.8. The lowest BCUT2D eigenvalue weighted by Gasteiger charge is -2.17. The Bertz CT molecular complexity index is 3240. The van der Waals surface area contributed by atoms with E-state index < -0.39 is 0 Å². The van der Waals surface area contributed by atoms with Gasteiger partial charge in [0.2, 0.25) is 0 Å². The number of benzene rings is 7. The molecule has 0 spiro atoms. The van der Waals surface area contributed by atoms with Crippen molar-refractivity contribution >= 4 is 27.4 Å². The second-order valence-corrected chi connectivity index (χ2v) is 14.4. The Hall–Kier alpha value is -8.52. The maximum Gasteiger partial charge on any atom is 0.164 e. The molecule has 7 heteroatoms. The van der Waals surface area contributed by atoms with Gasteiger partial charge in [0, 0.05) is 33.0 Å². The summed E-state index contributed by atoms with van der Waals surface area (Å²) in [6.45, 7) is 5.78. The minimum atomic E-state index is -0.329. The minimum Gasteiger partial charge on any atom is -0.309 e. The van der Waals surface area contributed by atoms with Gasteiger partial charge in [-0.2, -0.15) is 10.5 Å². The van der Waals surface area contributed by atoms with Gasteiger partial charge >= 0.3 is 0 Å². The molecule has 2 heterocycles. The van der Waals surface area contributed by atoms with Crippen LogP contribution in [0.15, 0.2) is 194 Å². The van der Waals surface area contributed by atoms with E-state index in [1.165, 1.54) is 12.1 Å².